The Hall–Kier alpha value is -1.71. The maximum absolute atomic E-state index is 12.7. The van der Waals surface area contributed by atoms with Gasteiger partial charge in [0.15, 0.2) is 11.5 Å². The molecule has 23 heavy (non-hydrogen) atoms. The fourth-order valence-corrected chi connectivity index (χ4v) is 5.41. The smallest absolute Gasteiger partial charge is 0.227 e. The van der Waals surface area contributed by atoms with Crippen molar-refractivity contribution < 1.29 is 15.0 Å². The zero-order valence-corrected chi connectivity index (χ0v) is 13.5. The molecule has 4 saturated carbocycles. The van der Waals surface area contributed by atoms with Gasteiger partial charge in [-0.25, -0.2) is 0 Å². The molecule has 0 saturated heterocycles. The number of benzene rings is 1. The van der Waals surface area contributed by atoms with Gasteiger partial charge < -0.3 is 15.5 Å². The van der Waals surface area contributed by atoms with E-state index < -0.39 is 0 Å². The SMILES string of the molecule is CC(C(=O)NC1C2CC3CC(C2)CC1C3)c1ccc(O)c(O)c1. The molecule has 5 rings (SSSR count). The molecule has 0 spiro atoms. The van der Waals surface area contributed by atoms with E-state index in [9.17, 15) is 15.0 Å². The van der Waals surface area contributed by atoms with Crippen LogP contribution in [0.5, 0.6) is 11.5 Å². The van der Waals surface area contributed by atoms with E-state index in [0.29, 0.717) is 17.9 Å². The van der Waals surface area contributed by atoms with Crippen LogP contribution in [0.3, 0.4) is 0 Å². The summed E-state index contributed by atoms with van der Waals surface area (Å²) < 4.78 is 0. The molecule has 3 N–H and O–H groups in total. The third-order valence-electron chi connectivity index (χ3n) is 6.43. The molecule has 0 heterocycles. The van der Waals surface area contributed by atoms with Crippen molar-refractivity contribution in [3.8, 4) is 11.5 Å². The fraction of sp³-hybridized carbons (Fsp3) is 0.632. The van der Waals surface area contributed by atoms with Crippen molar-refractivity contribution in [2.75, 3.05) is 0 Å². The number of rotatable bonds is 3. The average molecular weight is 315 g/mol. The quantitative estimate of drug-likeness (QED) is 0.751. The minimum absolute atomic E-state index is 0.0348. The molecule has 1 aromatic rings. The summed E-state index contributed by atoms with van der Waals surface area (Å²) in [7, 11) is 0. The summed E-state index contributed by atoms with van der Waals surface area (Å²) in [5, 5.41) is 22.4. The van der Waals surface area contributed by atoms with Gasteiger partial charge in [-0.15, -0.1) is 0 Å². The van der Waals surface area contributed by atoms with E-state index in [1.54, 1.807) is 6.07 Å². The summed E-state index contributed by atoms with van der Waals surface area (Å²) in [6.45, 7) is 1.86. The van der Waals surface area contributed by atoms with E-state index in [1.807, 2.05) is 6.92 Å². The Morgan fingerprint density at radius 1 is 1.04 bits per heavy atom. The Bertz CT molecular complexity index is 599. The molecular weight excluding hydrogens is 290 g/mol. The Labute approximate surface area is 136 Å². The molecule has 4 nitrogen and oxygen atoms in total. The minimum atomic E-state index is -0.321. The first-order valence-corrected chi connectivity index (χ1v) is 8.83. The second kappa shape index (κ2) is 5.43. The van der Waals surface area contributed by atoms with Crippen molar-refractivity contribution in [3.63, 3.8) is 0 Å². The summed E-state index contributed by atoms with van der Waals surface area (Å²) in [6.07, 6.45) is 6.55. The molecule has 4 bridgehead atoms. The number of nitrogens with one attached hydrogen (secondary N) is 1. The Morgan fingerprint density at radius 2 is 1.65 bits per heavy atom. The maximum Gasteiger partial charge on any atom is 0.227 e. The topological polar surface area (TPSA) is 69.6 Å². The second-order valence-electron chi connectivity index (χ2n) is 7.93. The van der Waals surface area contributed by atoms with Gasteiger partial charge in [-0.3, -0.25) is 4.79 Å². The van der Waals surface area contributed by atoms with E-state index in [1.165, 1.54) is 44.2 Å². The molecule has 4 fully saturated rings. The van der Waals surface area contributed by atoms with Crippen LogP contribution in [0.25, 0.3) is 0 Å². The summed E-state index contributed by atoms with van der Waals surface area (Å²) >= 11 is 0. The molecule has 4 heteroatoms. The van der Waals surface area contributed by atoms with Crippen LogP contribution in [0.2, 0.25) is 0 Å². The van der Waals surface area contributed by atoms with Gasteiger partial charge in [0.2, 0.25) is 5.91 Å². The molecule has 4 aliphatic carbocycles. The number of hydrogen-bond acceptors (Lipinski definition) is 3. The van der Waals surface area contributed by atoms with Crippen molar-refractivity contribution >= 4 is 5.91 Å². The minimum Gasteiger partial charge on any atom is -0.504 e. The molecule has 0 aromatic heterocycles. The first-order valence-electron chi connectivity index (χ1n) is 8.83. The van der Waals surface area contributed by atoms with Crippen LogP contribution in [0.4, 0.5) is 0 Å². The lowest BCUT2D eigenvalue weighted by Gasteiger charge is -2.54. The van der Waals surface area contributed by atoms with Gasteiger partial charge >= 0.3 is 0 Å². The maximum atomic E-state index is 12.7. The van der Waals surface area contributed by atoms with Crippen LogP contribution in [0.1, 0.15) is 50.5 Å². The van der Waals surface area contributed by atoms with E-state index in [2.05, 4.69) is 5.32 Å². The number of phenols is 2. The summed E-state index contributed by atoms with van der Waals surface area (Å²) in [5.74, 6) is 2.52. The van der Waals surface area contributed by atoms with Gasteiger partial charge in [-0.2, -0.15) is 0 Å². The van der Waals surface area contributed by atoms with Gasteiger partial charge in [0.1, 0.15) is 0 Å². The molecule has 1 amide bonds. The van der Waals surface area contributed by atoms with Crippen molar-refractivity contribution in [1.82, 2.24) is 5.32 Å². The van der Waals surface area contributed by atoms with Crippen molar-refractivity contribution in [3.05, 3.63) is 23.8 Å². The lowest BCUT2D eigenvalue weighted by molar-refractivity contribution is -0.126. The van der Waals surface area contributed by atoms with Crippen molar-refractivity contribution in [2.45, 2.75) is 51.0 Å². The van der Waals surface area contributed by atoms with Crippen LogP contribution in [0.15, 0.2) is 18.2 Å². The Morgan fingerprint density at radius 3 is 2.22 bits per heavy atom. The number of amides is 1. The molecule has 0 radical (unpaired) electrons. The Kier molecular flexibility index (Phi) is 3.51. The molecule has 124 valence electrons. The lowest BCUT2D eigenvalue weighted by Crippen LogP contribution is -2.56. The van der Waals surface area contributed by atoms with Gasteiger partial charge in [-0.05, 0) is 80.4 Å². The van der Waals surface area contributed by atoms with Crippen molar-refractivity contribution in [2.24, 2.45) is 23.7 Å². The van der Waals surface area contributed by atoms with Gasteiger partial charge in [0.05, 0.1) is 5.92 Å². The lowest BCUT2D eigenvalue weighted by atomic mass is 9.54. The highest BCUT2D eigenvalue weighted by atomic mass is 16.3. The number of aromatic hydroxyl groups is 2. The highest BCUT2D eigenvalue weighted by molar-refractivity contribution is 5.83. The number of carbonyl (C=O) groups excluding carboxylic acids is 1. The fourth-order valence-electron chi connectivity index (χ4n) is 5.41. The van der Waals surface area contributed by atoms with Crippen LogP contribution in [-0.2, 0) is 4.79 Å². The van der Waals surface area contributed by atoms with E-state index in [4.69, 9.17) is 0 Å². The first-order chi connectivity index (χ1) is 11.0. The van der Waals surface area contributed by atoms with Crippen LogP contribution in [-0.4, -0.2) is 22.2 Å². The van der Waals surface area contributed by atoms with E-state index >= 15 is 0 Å². The number of phenolic OH excluding ortho intramolecular Hbond substituents is 2. The second-order valence-corrected chi connectivity index (χ2v) is 7.93. The molecule has 1 aromatic carbocycles. The molecule has 4 aliphatic rings. The molecule has 0 aliphatic heterocycles. The molecular formula is C19H25NO3. The van der Waals surface area contributed by atoms with Gasteiger partial charge in [0.25, 0.3) is 0 Å². The predicted molar refractivity (Wildman–Crippen MR) is 87.2 cm³/mol. The molecule has 1 atom stereocenters. The highest BCUT2D eigenvalue weighted by Gasteiger charge is 2.48. The van der Waals surface area contributed by atoms with E-state index in [-0.39, 0.29) is 23.3 Å². The third kappa shape index (κ3) is 2.58. The standard InChI is InChI=1S/C19H25NO3/c1-10(13-2-3-16(21)17(22)9-13)19(23)20-18-14-5-11-4-12(7-14)8-15(18)6-11/h2-3,9-12,14-15,18,21-22H,4-8H2,1H3,(H,20,23). The molecule has 1 unspecified atom stereocenters. The number of hydrogen-bond donors (Lipinski definition) is 3. The zero-order valence-electron chi connectivity index (χ0n) is 13.5. The highest BCUT2D eigenvalue weighted by Crippen LogP contribution is 2.53. The summed E-state index contributed by atoms with van der Waals surface area (Å²) in [6, 6.07) is 4.97. The van der Waals surface area contributed by atoms with Gasteiger partial charge in [-0.1, -0.05) is 6.07 Å². The average Bonchev–Trinajstić information content (AvgIpc) is 2.52. The van der Waals surface area contributed by atoms with Gasteiger partial charge in [0, 0.05) is 6.04 Å². The Balaban J connectivity index is 1.46. The summed E-state index contributed by atoms with van der Waals surface area (Å²) in [4.78, 5) is 12.7. The number of carbonyl (C=O) groups is 1. The van der Waals surface area contributed by atoms with Crippen LogP contribution in [0, 0.1) is 23.7 Å². The van der Waals surface area contributed by atoms with Crippen molar-refractivity contribution in [1.29, 1.82) is 0 Å². The normalized spacial score (nSPS) is 36.0. The third-order valence-corrected chi connectivity index (χ3v) is 6.43. The van der Waals surface area contributed by atoms with Crippen LogP contribution < -0.4 is 5.32 Å². The largest absolute Gasteiger partial charge is 0.504 e. The van der Waals surface area contributed by atoms with Crippen LogP contribution >= 0.6 is 0 Å². The monoisotopic (exact) mass is 315 g/mol. The predicted octanol–water partition coefficient (Wildman–Crippen LogP) is 3.14. The van der Waals surface area contributed by atoms with E-state index in [0.717, 1.165) is 17.4 Å². The first kappa shape index (κ1) is 14.9. The zero-order chi connectivity index (χ0) is 16.1. The summed E-state index contributed by atoms with van der Waals surface area (Å²) in [5.41, 5.74) is 0.738.